The van der Waals surface area contributed by atoms with Crippen LogP contribution in [0.2, 0.25) is 5.15 Å². The van der Waals surface area contributed by atoms with Crippen molar-refractivity contribution in [3.63, 3.8) is 0 Å². The Kier molecular flexibility index (Phi) is 7.57. The number of carbonyl (C=O) groups is 1. The topological polar surface area (TPSA) is 74.2 Å². The number of nitrogens with one attached hydrogen (secondary N) is 1. The van der Waals surface area contributed by atoms with Gasteiger partial charge in [0, 0.05) is 49.8 Å². The minimum Gasteiger partial charge on any atom is -0.354 e. The van der Waals surface area contributed by atoms with Gasteiger partial charge in [-0.3, -0.25) is 9.78 Å². The average Bonchev–Trinajstić information content (AvgIpc) is 2.82. The van der Waals surface area contributed by atoms with Crippen molar-refractivity contribution in [3.05, 3.63) is 76.7 Å². The molecule has 1 fully saturated rings. The van der Waals surface area contributed by atoms with Gasteiger partial charge in [-0.05, 0) is 36.9 Å². The maximum atomic E-state index is 12.4. The van der Waals surface area contributed by atoms with Crippen LogP contribution >= 0.6 is 23.4 Å². The highest BCUT2D eigenvalue weighted by Crippen LogP contribution is 2.25. The predicted octanol–water partition coefficient (Wildman–Crippen LogP) is 3.50. The van der Waals surface area contributed by atoms with Gasteiger partial charge >= 0.3 is 0 Å². The quantitative estimate of drug-likeness (QED) is 0.323. The van der Waals surface area contributed by atoms with Gasteiger partial charge in [-0.1, -0.05) is 41.6 Å². The molecule has 0 atom stereocenters. The Morgan fingerprint density at radius 2 is 1.88 bits per heavy atom. The Hall–Kier alpha value is -2.68. The molecule has 0 radical (unpaired) electrons. The number of nitrogens with zero attached hydrogens (tertiary/aromatic N) is 5. The van der Waals surface area contributed by atoms with Gasteiger partial charge in [-0.15, -0.1) is 0 Å². The lowest BCUT2D eigenvalue weighted by Gasteiger charge is -2.33. The van der Waals surface area contributed by atoms with Crippen molar-refractivity contribution in [1.29, 1.82) is 0 Å². The van der Waals surface area contributed by atoms with E-state index in [4.69, 9.17) is 16.6 Å². The molecule has 1 aromatic carbocycles. The summed E-state index contributed by atoms with van der Waals surface area (Å²) in [6, 6.07) is 15.0. The van der Waals surface area contributed by atoms with Crippen LogP contribution in [0.25, 0.3) is 0 Å². The highest BCUT2D eigenvalue weighted by Gasteiger charge is 2.17. The monoisotopic (exact) mass is 468 g/mol. The molecule has 32 heavy (non-hydrogen) atoms. The number of rotatable bonds is 7. The molecule has 4 rings (SSSR count). The zero-order valence-corrected chi connectivity index (χ0v) is 19.4. The molecule has 3 aromatic rings. The van der Waals surface area contributed by atoms with Gasteiger partial charge < -0.3 is 15.1 Å². The molecule has 0 aliphatic carbocycles. The molecule has 3 heterocycles. The van der Waals surface area contributed by atoms with E-state index in [0.29, 0.717) is 28.2 Å². The van der Waals surface area contributed by atoms with Crippen LogP contribution in [0.3, 0.4) is 0 Å². The molecular formula is C23H25ClN6OS. The number of hydrogen-bond donors (Lipinski definition) is 1. The lowest BCUT2D eigenvalue weighted by molar-refractivity contribution is 0.0950. The van der Waals surface area contributed by atoms with Gasteiger partial charge in [0.1, 0.15) is 11.0 Å². The standard InChI is InChI=1S/C23H25ClN6OS/c1-29-10-12-30(13-11-29)21-14-20(24)27-23(28-21)32-16-17-5-7-18(8-6-17)22(31)26-15-19-4-2-3-9-25-19/h2-9,14H,10-13,15-16H2,1H3,(H,26,31). The third-order valence-electron chi connectivity index (χ3n) is 5.23. The van der Waals surface area contributed by atoms with Gasteiger partial charge in [0.15, 0.2) is 5.16 Å². The van der Waals surface area contributed by atoms with Crippen LogP contribution in [0.4, 0.5) is 5.82 Å². The highest BCUT2D eigenvalue weighted by atomic mass is 35.5. The van der Waals surface area contributed by atoms with E-state index in [1.165, 1.54) is 11.8 Å². The van der Waals surface area contributed by atoms with Crippen molar-refractivity contribution in [3.8, 4) is 0 Å². The Bertz CT molecular complexity index is 1040. The summed E-state index contributed by atoms with van der Waals surface area (Å²) in [5.41, 5.74) is 2.53. The predicted molar refractivity (Wildman–Crippen MR) is 128 cm³/mol. The summed E-state index contributed by atoms with van der Waals surface area (Å²) in [7, 11) is 2.13. The van der Waals surface area contributed by atoms with Crippen LogP contribution in [-0.4, -0.2) is 59.0 Å². The van der Waals surface area contributed by atoms with Crippen molar-refractivity contribution in [2.24, 2.45) is 0 Å². The normalized spacial score (nSPS) is 14.4. The van der Waals surface area contributed by atoms with Crippen LogP contribution < -0.4 is 10.2 Å². The number of carbonyl (C=O) groups excluding carboxylic acids is 1. The molecule has 1 N–H and O–H groups in total. The highest BCUT2D eigenvalue weighted by molar-refractivity contribution is 7.98. The van der Waals surface area contributed by atoms with Crippen molar-refractivity contribution < 1.29 is 4.79 Å². The summed E-state index contributed by atoms with van der Waals surface area (Å²) >= 11 is 7.79. The number of benzene rings is 1. The molecular weight excluding hydrogens is 444 g/mol. The number of piperazine rings is 1. The maximum absolute atomic E-state index is 12.4. The summed E-state index contributed by atoms with van der Waals surface area (Å²) in [5.74, 6) is 1.45. The summed E-state index contributed by atoms with van der Waals surface area (Å²) in [6.45, 7) is 4.27. The SMILES string of the molecule is CN1CCN(c2cc(Cl)nc(SCc3ccc(C(=O)NCc4ccccn4)cc3)n2)CC1. The third-order valence-corrected chi connectivity index (χ3v) is 6.34. The fourth-order valence-electron chi connectivity index (χ4n) is 3.32. The minimum atomic E-state index is -0.121. The van der Waals surface area contributed by atoms with E-state index in [9.17, 15) is 4.79 Å². The van der Waals surface area contributed by atoms with Crippen molar-refractivity contribution >= 4 is 35.1 Å². The molecule has 1 aliphatic heterocycles. The number of amides is 1. The summed E-state index contributed by atoms with van der Waals surface area (Å²) in [5, 5.41) is 4.00. The number of pyridine rings is 1. The molecule has 0 saturated carbocycles. The molecule has 1 amide bonds. The molecule has 2 aromatic heterocycles. The molecule has 0 spiro atoms. The van der Waals surface area contributed by atoms with E-state index in [1.807, 2.05) is 48.5 Å². The first-order valence-corrected chi connectivity index (χ1v) is 11.8. The van der Waals surface area contributed by atoms with Crippen LogP contribution in [0.5, 0.6) is 0 Å². The summed E-state index contributed by atoms with van der Waals surface area (Å²) in [6.07, 6.45) is 1.71. The maximum Gasteiger partial charge on any atom is 0.251 e. The lowest BCUT2D eigenvalue weighted by atomic mass is 10.1. The molecule has 9 heteroatoms. The molecule has 7 nitrogen and oxygen atoms in total. The Morgan fingerprint density at radius 1 is 1.09 bits per heavy atom. The molecule has 1 saturated heterocycles. The third kappa shape index (κ3) is 6.18. The number of anilines is 1. The van der Waals surface area contributed by atoms with E-state index in [-0.39, 0.29) is 5.91 Å². The van der Waals surface area contributed by atoms with E-state index in [1.54, 1.807) is 6.20 Å². The number of likely N-dealkylation sites (N-methyl/N-ethyl adjacent to an activating group) is 1. The van der Waals surface area contributed by atoms with Gasteiger partial charge in [0.05, 0.1) is 12.2 Å². The molecule has 0 bridgehead atoms. The van der Waals surface area contributed by atoms with Crippen LogP contribution in [-0.2, 0) is 12.3 Å². The molecule has 166 valence electrons. The van der Waals surface area contributed by atoms with Crippen LogP contribution in [0, 0.1) is 0 Å². The minimum absolute atomic E-state index is 0.121. The van der Waals surface area contributed by atoms with E-state index in [0.717, 1.165) is 43.3 Å². The molecule has 0 unspecified atom stereocenters. The Balaban J connectivity index is 1.32. The number of aromatic nitrogens is 3. The fourth-order valence-corrected chi connectivity index (χ4v) is 4.36. The van der Waals surface area contributed by atoms with Crippen molar-refractivity contribution in [2.45, 2.75) is 17.5 Å². The van der Waals surface area contributed by atoms with Gasteiger partial charge in [0.25, 0.3) is 5.91 Å². The number of thioether (sulfide) groups is 1. The van der Waals surface area contributed by atoms with Gasteiger partial charge in [0.2, 0.25) is 0 Å². The van der Waals surface area contributed by atoms with Gasteiger partial charge in [-0.25, -0.2) is 9.97 Å². The fraction of sp³-hybridized carbons (Fsp3) is 0.304. The number of hydrogen-bond acceptors (Lipinski definition) is 7. The smallest absolute Gasteiger partial charge is 0.251 e. The first kappa shape index (κ1) is 22.5. The first-order valence-electron chi connectivity index (χ1n) is 10.4. The summed E-state index contributed by atoms with van der Waals surface area (Å²) < 4.78 is 0. The van der Waals surface area contributed by atoms with E-state index < -0.39 is 0 Å². The Labute approximate surface area is 197 Å². The zero-order chi connectivity index (χ0) is 22.3. The van der Waals surface area contributed by atoms with Crippen LogP contribution in [0.1, 0.15) is 21.6 Å². The second kappa shape index (κ2) is 10.8. The summed E-state index contributed by atoms with van der Waals surface area (Å²) in [4.78, 5) is 30.2. The second-order valence-electron chi connectivity index (χ2n) is 7.61. The zero-order valence-electron chi connectivity index (χ0n) is 17.9. The van der Waals surface area contributed by atoms with Crippen LogP contribution in [0.15, 0.2) is 59.9 Å². The van der Waals surface area contributed by atoms with Gasteiger partial charge in [-0.2, -0.15) is 0 Å². The Morgan fingerprint density at radius 3 is 2.59 bits per heavy atom. The van der Waals surface area contributed by atoms with E-state index in [2.05, 4.69) is 32.1 Å². The largest absolute Gasteiger partial charge is 0.354 e. The van der Waals surface area contributed by atoms with E-state index >= 15 is 0 Å². The number of halogens is 1. The average molecular weight is 469 g/mol. The lowest BCUT2D eigenvalue weighted by Crippen LogP contribution is -2.44. The molecule has 1 aliphatic rings. The first-order chi connectivity index (χ1) is 15.6. The van der Waals surface area contributed by atoms with Crippen molar-refractivity contribution in [2.75, 3.05) is 38.1 Å². The van der Waals surface area contributed by atoms with Crippen molar-refractivity contribution in [1.82, 2.24) is 25.2 Å². The second-order valence-corrected chi connectivity index (χ2v) is 8.94.